The maximum Gasteiger partial charge on any atom is 0.298 e. The van der Waals surface area contributed by atoms with E-state index in [0.717, 1.165) is 12.1 Å². The minimum atomic E-state index is -1.04. The van der Waals surface area contributed by atoms with Crippen molar-refractivity contribution in [3.05, 3.63) is 77.6 Å². The molecule has 3 aromatic carbocycles. The van der Waals surface area contributed by atoms with E-state index >= 15 is 0 Å². The van der Waals surface area contributed by atoms with Gasteiger partial charge in [0.2, 0.25) is 0 Å². The highest BCUT2D eigenvalue weighted by Crippen LogP contribution is 2.30. The summed E-state index contributed by atoms with van der Waals surface area (Å²) in [4.78, 5) is 10.3. The monoisotopic (exact) mass is 353 g/mol. The fraction of sp³-hybridized carbons (Fsp3) is 0. The number of benzene rings is 3. The lowest BCUT2D eigenvalue weighted by Gasteiger charge is -2.09. The predicted molar refractivity (Wildman–Crippen MR) is 88.6 cm³/mol. The molecule has 0 fully saturated rings. The van der Waals surface area contributed by atoms with Crippen molar-refractivity contribution in [1.29, 1.82) is 5.26 Å². The lowest BCUT2D eigenvalue weighted by atomic mass is 9.98. The van der Waals surface area contributed by atoms with Crippen LogP contribution in [0.3, 0.4) is 0 Å². The minimum Gasteiger partial charge on any atom is -0.429 e. The van der Waals surface area contributed by atoms with Crippen LogP contribution in [0, 0.1) is 28.8 Å². The van der Waals surface area contributed by atoms with Crippen LogP contribution in [0.1, 0.15) is 5.56 Å². The normalized spacial score (nSPS) is 10.2. The van der Waals surface area contributed by atoms with E-state index in [1.807, 2.05) is 0 Å². The fourth-order valence-corrected chi connectivity index (χ4v) is 2.55. The van der Waals surface area contributed by atoms with E-state index in [9.17, 15) is 18.0 Å². The summed E-state index contributed by atoms with van der Waals surface area (Å²) in [5.41, 5.74) is 0.516. The molecule has 128 valence electrons. The summed E-state index contributed by atoms with van der Waals surface area (Å²) in [5, 5.41) is 8.70. The summed E-state index contributed by atoms with van der Waals surface area (Å²) in [5.74, 6) is -2.41. The number of nitrogens with zero attached hydrogens (tertiary/aromatic N) is 1. The van der Waals surface area contributed by atoms with E-state index in [4.69, 9.17) is 10.00 Å². The topological polar surface area (TPSA) is 50.1 Å². The summed E-state index contributed by atoms with van der Waals surface area (Å²) >= 11 is 0. The first-order valence-corrected chi connectivity index (χ1v) is 7.43. The first-order valence-electron chi connectivity index (χ1n) is 7.43. The third-order valence-corrected chi connectivity index (χ3v) is 3.81. The standard InChI is InChI=1S/C20H10F3NO2/c21-18-7-13(12-1-4-15(5-2-12)26-11-25)3-6-16(18)14-8-19(22)17(10-24)20(23)9-14/h1-9,11H. The molecule has 0 aliphatic heterocycles. The SMILES string of the molecule is N#Cc1c(F)cc(-c2ccc(-c3ccc(OC=O)cc3)cc2F)cc1F. The number of ether oxygens (including phenoxy) is 1. The number of hydrogen-bond acceptors (Lipinski definition) is 3. The van der Waals surface area contributed by atoms with E-state index in [0.29, 0.717) is 23.3 Å². The molecular formula is C20H10F3NO2. The van der Waals surface area contributed by atoms with E-state index in [1.165, 1.54) is 18.2 Å². The molecule has 0 saturated carbocycles. The maximum absolute atomic E-state index is 14.5. The van der Waals surface area contributed by atoms with Gasteiger partial charge in [-0.05, 0) is 47.0 Å². The average molecular weight is 353 g/mol. The third-order valence-electron chi connectivity index (χ3n) is 3.81. The summed E-state index contributed by atoms with van der Waals surface area (Å²) in [6.07, 6.45) is 0. The van der Waals surface area contributed by atoms with Gasteiger partial charge in [0.1, 0.15) is 34.8 Å². The van der Waals surface area contributed by atoms with Gasteiger partial charge in [0.05, 0.1) is 0 Å². The van der Waals surface area contributed by atoms with Crippen molar-refractivity contribution in [1.82, 2.24) is 0 Å². The Morgan fingerprint density at radius 2 is 1.38 bits per heavy atom. The Hall–Kier alpha value is -3.59. The number of rotatable bonds is 4. The van der Waals surface area contributed by atoms with Crippen molar-refractivity contribution in [2.75, 3.05) is 0 Å². The zero-order valence-electron chi connectivity index (χ0n) is 13.2. The van der Waals surface area contributed by atoms with Crippen LogP contribution in [0.25, 0.3) is 22.3 Å². The third kappa shape index (κ3) is 3.28. The number of halogens is 3. The lowest BCUT2D eigenvalue weighted by molar-refractivity contribution is -0.120. The van der Waals surface area contributed by atoms with Gasteiger partial charge in [-0.3, -0.25) is 4.79 Å². The molecule has 0 aliphatic rings. The van der Waals surface area contributed by atoms with E-state index in [2.05, 4.69) is 0 Å². The molecule has 3 rings (SSSR count). The molecule has 0 radical (unpaired) electrons. The number of nitriles is 1. The Labute approximate surface area is 146 Å². The second kappa shape index (κ2) is 7.11. The zero-order valence-corrected chi connectivity index (χ0v) is 13.2. The number of carbonyl (C=O) groups is 1. The first kappa shape index (κ1) is 17.2. The highest BCUT2D eigenvalue weighted by atomic mass is 19.1. The molecule has 0 bridgehead atoms. The quantitative estimate of drug-likeness (QED) is 0.630. The van der Waals surface area contributed by atoms with Gasteiger partial charge in [0, 0.05) is 5.56 Å². The van der Waals surface area contributed by atoms with Crippen LogP contribution in [0.5, 0.6) is 5.75 Å². The van der Waals surface area contributed by atoms with Crippen molar-refractivity contribution in [3.63, 3.8) is 0 Å². The molecular weight excluding hydrogens is 343 g/mol. The van der Waals surface area contributed by atoms with Gasteiger partial charge in [-0.1, -0.05) is 24.3 Å². The number of hydrogen-bond donors (Lipinski definition) is 0. The number of carbonyl (C=O) groups excluding carboxylic acids is 1. The van der Waals surface area contributed by atoms with Crippen LogP contribution in [0.2, 0.25) is 0 Å². The second-order valence-electron chi connectivity index (χ2n) is 5.36. The molecule has 26 heavy (non-hydrogen) atoms. The van der Waals surface area contributed by atoms with E-state index < -0.39 is 23.0 Å². The molecule has 3 nitrogen and oxygen atoms in total. The molecule has 0 heterocycles. The fourth-order valence-electron chi connectivity index (χ4n) is 2.55. The second-order valence-corrected chi connectivity index (χ2v) is 5.36. The largest absolute Gasteiger partial charge is 0.429 e. The van der Waals surface area contributed by atoms with Crippen molar-refractivity contribution >= 4 is 6.47 Å². The van der Waals surface area contributed by atoms with E-state index in [1.54, 1.807) is 30.3 Å². The average Bonchev–Trinajstić information content (AvgIpc) is 2.62. The maximum atomic E-state index is 14.5. The summed E-state index contributed by atoms with van der Waals surface area (Å²) in [7, 11) is 0. The Morgan fingerprint density at radius 3 is 1.92 bits per heavy atom. The molecule has 0 aliphatic carbocycles. The summed E-state index contributed by atoms with van der Waals surface area (Å²) in [6.45, 7) is 0.305. The highest BCUT2D eigenvalue weighted by molar-refractivity contribution is 5.72. The van der Waals surface area contributed by atoms with Crippen molar-refractivity contribution < 1.29 is 22.7 Å². The molecule has 0 amide bonds. The Bertz CT molecular complexity index is 1000. The van der Waals surface area contributed by atoms with Crippen molar-refractivity contribution in [2.24, 2.45) is 0 Å². The van der Waals surface area contributed by atoms with Crippen LogP contribution < -0.4 is 4.74 Å². The lowest BCUT2D eigenvalue weighted by Crippen LogP contribution is -1.94. The van der Waals surface area contributed by atoms with Gasteiger partial charge in [-0.15, -0.1) is 0 Å². The van der Waals surface area contributed by atoms with Gasteiger partial charge >= 0.3 is 0 Å². The zero-order chi connectivity index (χ0) is 18.7. The molecule has 0 saturated heterocycles. The highest BCUT2D eigenvalue weighted by Gasteiger charge is 2.14. The van der Waals surface area contributed by atoms with E-state index in [-0.39, 0.29) is 11.1 Å². The van der Waals surface area contributed by atoms with Gasteiger partial charge in [-0.2, -0.15) is 5.26 Å². The van der Waals surface area contributed by atoms with Gasteiger partial charge in [0.25, 0.3) is 6.47 Å². The first-order chi connectivity index (χ1) is 12.5. The van der Waals surface area contributed by atoms with Crippen molar-refractivity contribution in [2.45, 2.75) is 0 Å². The van der Waals surface area contributed by atoms with Crippen LogP contribution in [0.4, 0.5) is 13.2 Å². The van der Waals surface area contributed by atoms with Gasteiger partial charge in [0.15, 0.2) is 0 Å². The van der Waals surface area contributed by atoms with Crippen molar-refractivity contribution in [3.8, 4) is 34.1 Å². The van der Waals surface area contributed by atoms with Gasteiger partial charge in [-0.25, -0.2) is 13.2 Å². The van der Waals surface area contributed by atoms with Crippen LogP contribution in [0.15, 0.2) is 54.6 Å². The minimum absolute atomic E-state index is 0.00205. The Morgan fingerprint density at radius 1 is 0.808 bits per heavy atom. The Kier molecular flexibility index (Phi) is 4.72. The molecule has 0 N–H and O–H groups in total. The molecule has 0 atom stereocenters. The predicted octanol–water partition coefficient (Wildman–Crippen LogP) is 4.84. The van der Waals surface area contributed by atoms with Crippen LogP contribution in [-0.2, 0) is 4.79 Å². The Balaban J connectivity index is 1.98. The molecule has 6 heteroatoms. The summed E-state index contributed by atoms with van der Waals surface area (Å²) < 4.78 is 46.7. The van der Waals surface area contributed by atoms with Crippen LogP contribution in [-0.4, -0.2) is 6.47 Å². The molecule has 0 aromatic heterocycles. The molecule has 0 spiro atoms. The molecule has 0 unspecified atom stereocenters. The summed E-state index contributed by atoms with van der Waals surface area (Å²) in [6, 6.07) is 13.9. The molecule has 3 aromatic rings. The van der Waals surface area contributed by atoms with Gasteiger partial charge < -0.3 is 4.74 Å². The van der Waals surface area contributed by atoms with Crippen LogP contribution >= 0.6 is 0 Å². The smallest absolute Gasteiger partial charge is 0.298 e.